The summed E-state index contributed by atoms with van der Waals surface area (Å²) in [7, 11) is 1.39. The minimum absolute atomic E-state index is 0.103. The molecule has 0 aliphatic rings. The number of carbonyl (C=O) groups excluding carboxylic acids is 1. The van der Waals surface area contributed by atoms with Crippen molar-refractivity contribution in [3.63, 3.8) is 0 Å². The summed E-state index contributed by atoms with van der Waals surface area (Å²) in [5.41, 5.74) is 7.72. The number of halogens is 1. The monoisotopic (exact) mass is 377 g/mol. The number of nitrogens with zero attached hydrogens (tertiary/aromatic N) is 2. The number of aromatic nitrogens is 2. The van der Waals surface area contributed by atoms with Crippen LogP contribution in [0.15, 0.2) is 17.5 Å². The molecule has 2 aromatic heterocycles. The van der Waals surface area contributed by atoms with Gasteiger partial charge in [0.15, 0.2) is 11.6 Å². The van der Waals surface area contributed by atoms with E-state index in [-0.39, 0.29) is 11.3 Å². The highest BCUT2D eigenvalue weighted by Gasteiger charge is 2.17. The average molecular weight is 377 g/mol. The third-order valence-corrected chi connectivity index (χ3v) is 5.58. The van der Waals surface area contributed by atoms with E-state index in [4.69, 9.17) is 10.5 Å². The Bertz CT molecular complexity index is 950. The summed E-state index contributed by atoms with van der Waals surface area (Å²) in [6.07, 6.45) is 0.350. The molecule has 0 saturated heterocycles. The molecule has 25 heavy (non-hydrogen) atoms. The number of methoxy groups -OCH3 is 1. The third-order valence-electron chi connectivity index (χ3n) is 3.64. The SMILES string of the molecule is COc1c(F)cc(C(N)=O)cc1Cc1nc(-c2sc(C)nc2C)cs1. The Morgan fingerprint density at radius 3 is 2.68 bits per heavy atom. The van der Waals surface area contributed by atoms with Crippen molar-refractivity contribution in [2.45, 2.75) is 20.3 Å². The number of ether oxygens (including phenoxy) is 1. The molecular weight excluding hydrogens is 361 g/mol. The van der Waals surface area contributed by atoms with E-state index in [0.717, 1.165) is 32.3 Å². The molecule has 0 radical (unpaired) electrons. The number of hydrogen-bond donors (Lipinski definition) is 1. The first kappa shape index (κ1) is 17.5. The van der Waals surface area contributed by atoms with Gasteiger partial charge in [-0.05, 0) is 26.0 Å². The van der Waals surface area contributed by atoms with E-state index < -0.39 is 11.7 Å². The van der Waals surface area contributed by atoms with Crippen molar-refractivity contribution >= 4 is 28.6 Å². The van der Waals surface area contributed by atoms with Crippen LogP contribution in [-0.4, -0.2) is 23.0 Å². The second-order valence-corrected chi connectivity index (χ2v) is 7.61. The van der Waals surface area contributed by atoms with Crippen molar-refractivity contribution in [2.24, 2.45) is 5.73 Å². The Hall–Kier alpha value is -2.32. The molecule has 5 nitrogen and oxygen atoms in total. The van der Waals surface area contributed by atoms with E-state index in [9.17, 15) is 9.18 Å². The van der Waals surface area contributed by atoms with Crippen LogP contribution in [0.1, 0.15) is 31.6 Å². The van der Waals surface area contributed by atoms with Gasteiger partial charge in [-0.1, -0.05) is 0 Å². The Morgan fingerprint density at radius 1 is 1.32 bits per heavy atom. The van der Waals surface area contributed by atoms with Crippen molar-refractivity contribution in [1.29, 1.82) is 0 Å². The van der Waals surface area contributed by atoms with Gasteiger partial charge >= 0.3 is 0 Å². The summed E-state index contributed by atoms with van der Waals surface area (Å²) in [6, 6.07) is 2.63. The topological polar surface area (TPSA) is 78.1 Å². The second-order valence-electron chi connectivity index (χ2n) is 5.47. The van der Waals surface area contributed by atoms with Crippen LogP contribution in [0.25, 0.3) is 10.6 Å². The number of nitrogens with two attached hydrogens (primary N) is 1. The summed E-state index contributed by atoms with van der Waals surface area (Å²) in [5.74, 6) is -1.19. The minimum atomic E-state index is -0.682. The van der Waals surface area contributed by atoms with E-state index in [2.05, 4.69) is 9.97 Å². The molecule has 0 spiro atoms. The normalized spacial score (nSPS) is 10.9. The lowest BCUT2D eigenvalue weighted by atomic mass is 10.1. The standard InChI is InChI=1S/C17H16FN3O2S2/c1-8-16(25-9(2)20-8)13-7-24-14(21-13)6-10-4-11(17(19)22)5-12(18)15(10)23-3/h4-5,7H,6H2,1-3H3,(H2,19,22). The molecule has 2 heterocycles. The van der Waals surface area contributed by atoms with Crippen molar-refractivity contribution in [3.8, 4) is 16.3 Å². The first-order valence-electron chi connectivity index (χ1n) is 7.44. The van der Waals surface area contributed by atoms with Crippen LogP contribution >= 0.6 is 22.7 Å². The highest BCUT2D eigenvalue weighted by atomic mass is 32.1. The molecule has 0 aliphatic carbocycles. The first-order chi connectivity index (χ1) is 11.9. The Balaban J connectivity index is 1.95. The third kappa shape index (κ3) is 3.54. The van der Waals surface area contributed by atoms with E-state index in [1.165, 1.54) is 18.4 Å². The molecule has 1 amide bonds. The summed E-state index contributed by atoms with van der Waals surface area (Å²) in [4.78, 5) is 21.5. The zero-order valence-corrected chi connectivity index (χ0v) is 15.6. The van der Waals surface area contributed by atoms with Gasteiger partial charge in [0, 0.05) is 22.9 Å². The van der Waals surface area contributed by atoms with E-state index >= 15 is 0 Å². The van der Waals surface area contributed by atoms with Crippen LogP contribution in [0.3, 0.4) is 0 Å². The second kappa shape index (κ2) is 6.89. The lowest BCUT2D eigenvalue weighted by Gasteiger charge is -2.10. The van der Waals surface area contributed by atoms with Crippen molar-refractivity contribution in [3.05, 3.63) is 50.2 Å². The maximum absolute atomic E-state index is 14.1. The highest BCUT2D eigenvalue weighted by Crippen LogP contribution is 2.33. The van der Waals surface area contributed by atoms with Gasteiger partial charge in [-0.15, -0.1) is 22.7 Å². The number of carbonyl (C=O) groups is 1. The van der Waals surface area contributed by atoms with Gasteiger partial charge in [-0.25, -0.2) is 14.4 Å². The molecule has 0 fully saturated rings. The fourth-order valence-corrected chi connectivity index (χ4v) is 4.34. The molecule has 0 aliphatic heterocycles. The predicted molar refractivity (Wildman–Crippen MR) is 97.0 cm³/mol. The zero-order valence-electron chi connectivity index (χ0n) is 13.9. The van der Waals surface area contributed by atoms with Crippen molar-refractivity contribution in [2.75, 3.05) is 7.11 Å². The molecule has 0 atom stereocenters. The van der Waals surface area contributed by atoms with Gasteiger partial charge in [0.05, 0.1) is 33.4 Å². The molecule has 0 unspecified atom stereocenters. The van der Waals surface area contributed by atoms with E-state index in [1.54, 1.807) is 17.4 Å². The fraction of sp³-hybridized carbons (Fsp3) is 0.235. The summed E-state index contributed by atoms with van der Waals surface area (Å²) >= 11 is 3.06. The average Bonchev–Trinajstić information content (AvgIpc) is 3.13. The molecule has 1 aromatic carbocycles. The molecule has 3 aromatic rings. The van der Waals surface area contributed by atoms with Crippen molar-refractivity contribution in [1.82, 2.24) is 9.97 Å². The van der Waals surface area contributed by atoms with E-state index in [0.29, 0.717) is 12.0 Å². The van der Waals surface area contributed by atoms with E-state index in [1.807, 2.05) is 19.2 Å². The van der Waals surface area contributed by atoms with Gasteiger partial charge in [-0.2, -0.15) is 0 Å². The summed E-state index contributed by atoms with van der Waals surface area (Å²) in [6.45, 7) is 3.91. The first-order valence-corrected chi connectivity index (χ1v) is 9.13. The largest absolute Gasteiger partial charge is 0.493 e. The number of primary amides is 1. The van der Waals surface area contributed by atoms with Crippen LogP contribution in [-0.2, 0) is 6.42 Å². The molecule has 0 saturated carbocycles. The lowest BCUT2D eigenvalue weighted by Crippen LogP contribution is -2.12. The number of benzene rings is 1. The van der Waals surface area contributed by atoms with Gasteiger partial charge < -0.3 is 10.5 Å². The highest BCUT2D eigenvalue weighted by molar-refractivity contribution is 7.15. The lowest BCUT2D eigenvalue weighted by molar-refractivity contribution is 0.0999. The Labute approximate surface area is 152 Å². The molecule has 0 bridgehead atoms. The maximum Gasteiger partial charge on any atom is 0.248 e. The summed E-state index contributed by atoms with van der Waals surface area (Å²) < 4.78 is 19.3. The number of rotatable bonds is 5. The molecule has 2 N–H and O–H groups in total. The number of thiazole rings is 2. The zero-order chi connectivity index (χ0) is 18.1. The quantitative estimate of drug-likeness (QED) is 0.735. The predicted octanol–water partition coefficient (Wildman–Crippen LogP) is 3.72. The number of aryl methyl sites for hydroxylation is 2. The van der Waals surface area contributed by atoms with Crippen molar-refractivity contribution < 1.29 is 13.9 Å². The van der Waals surface area contributed by atoms with Crippen LogP contribution in [0.2, 0.25) is 0 Å². The Morgan fingerprint density at radius 2 is 2.08 bits per heavy atom. The maximum atomic E-state index is 14.1. The molecule has 3 rings (SSSR count). The van der Waals surface area contributed by atoms with Crippen LogP contribution < -0.4 is 10.5 Å². The van der Waals surface area contributed by atoms with Crippen LogP contribution in [0.4, 0.5) is 4.39 Å². The van der Waals surface area contributed by atoms with Gasteiger partial charge in [0.2, 0.25) is 5.91 Å². The van der Waals surface area contributed by atoms with Gasteiger partial charge in [0.1, 0.15) is 0 Å². The van der Waals surface area contributed by atoms with Crippen LogP contribution in [0, 0.1) is 19.7 Å². The molecular formula is C17H16FN3O2S2. The smallest absolute Gasteiger partial charge is 0.248 e. The van der Waals surface area contributed by atoms with Gasteiger partial charge in [0.25, 0.3) is 0 Å². The molecule has 130 valence electrons. The minimum Gasteiger partial charge on any atom is -0.493 e. The summed E-state index contributed by atoms with van der Waals surface area (Å²) in [5, 5.41) is 3.73. The van der Waals surface area contributed by atoms with Gasteiger partial charge in [-0.3, -0.25) is 4.79 Å². The Kier molecular flexibility index (Phi) is 4.82. The van der Waals surface area contributed by atoms with Crippen LogP contribution in [0.5, 0.6) is 5.75 Å². The fourth-order valence-electron chi connectivity index (χ4n) is 2.58. The molecule has 8 heteroatoms. The number of amides is 1. The number of hydrogen-bond acceptors (Lipinski definition) is 6.